The quantitative estimate of drug-likeness (QED) is 0.642. The van der Waals surface area contributed by atoms with Crippen molar-refractivity contribution in [2.24, 2.45) is 0 Å². The number of nitrogens with one attached hydrogen (secondary N) is 1. The summed E-state index contributed by atoms with van der Waals surface area (Å²) in [5.41, 5.74) is -0.110. The van der Waals surface area contributed by atoms with Crippen LogP contribution in [0.3, 0.4) is 0 Å². The summed E-state index contributed by atoms with van der Waals surface area (Å²) >= 11 is 4.20. The van der Waals surface area contributed by atoms with Gasteiger partial charge in [-0.15, -0.1) is 12.6 Å². The van der Waals surface area contributed by atoms with Crippen molar-refractivity contribution >= 4 is 24.2 Å². The van der Waals surface area contributed by atoms with Gasteiger partial charge in [0.1, 0.15) is 5.75 Å². The van der Waals surface area contributed by atoms with Crippen LogP contribution in [0.25, 0.3) is 0 Å². The van der Waals surface area contributed by atoms with Crippen LogP contribution < -0.4 is 10.1 Å². The Hall–Kier alpha value is -1.16. The van der Waals surface area contributed by atoms with E-state index in [0.29, 0.717) is 11.4 Å². The summed E-state index contributed by atoms with van der Waals surface area (Å²) < 4.78 is 5.55. The molecule has 1 aromatic carbocycles. The number of carbonyl (C=O) groups is 1. The minimum absolute atomic E-state index is 0.128. The summed E-state index contributed by atoms with van der Waals surface area (Å²) in [7, 11) is 0. The van der Waals surface area contributed by atoms with Crippen molar-refractivity contribution in [2.75, 3.05) is 5.32 Å². The fraction of sp³-hybridized carbons (Fsp3) is 0.300. The molecule has 1 amide bonds. The van der Waals surface area contributed by atoms with Crippen molar-refractivity contribution in [2.45, 2.75) is 24.3 Å². The van der Waals surface area contributed by atoms with E-state index in [4.69, 9.17) is 4.74 Å². The van der Waals surface area contributed by atoms with E-state index in [2.05, 4.69) is 17.9 Å². The number of hydrogen-bond acceptors (Lipinski definition) is 3. The summed E-state index contributed by atoms with van der Waals surface area (Å²) in [6, 6.07) is 5.38. The predicted molar refractivity (Wildman–Crippen MR) is 57.0 cm³/mol. The smallest absolute Gasteiger partial charge is 0.268 e. The van der Waals surface area contributed by atoms with E-state index < -0.39 is 5.60 Å². The van der Waals surface area contributed by atoms with Gasteiger partial charge in [0.05, 0.1) is 5.69 Å². The Balaban J connectivity index is 2.46. The van der Waals surface area contributed by atoms with E-state index >= 15 is 0 Å². The lowest BCUT2D eigenvalue weighted by atomic mass is 10.1. The molecule has 0 aliphatic carbocycles. The molecule has 1 N–H and O–H groups in total. The first-order valence-electron chi connectivity index (χ1n) is 4.32. The van der Waals surface area contributed by atoms with Gasteiger partial charge in [0.2, 0.25) is 0 Å². The number of hydrogen-bond donors (Lipinski definition) is 2. The van der Waals surface area contributed by atoms with Crippen molar-refractivity contribution in [1.82, 2.24) is 0 Å². The molecule has 3 nitrogen and oxygen atoms in total. The first-order valence-corrected chi connectivity index (χ1v) is 4.77. The van der Waals surface area contributed by atoms with Gasteiger partial charge in [-0.05, 0) is 32.0 Å². The van der Waals surface area contributed by atoms with Crippen LogP contribution in [0.15, 0.2) is 23.1 Å². The van der Waals surface area contributed by atoms with Gasteiger partial charge in [0, 0.05) is 4.90 Å². The van der Waals surface area contributed by atoms with E-state index in [1.165, 1.54) is 0 Å². The monoisotopic (exact) mass is 209 g/mol. The zero-order valence-electron chi connectivity index (χ0n) is 8.00. The number of ether oxygens (including phenoxy) is 1. The lowest BCUT2D eigenvalue weighted by molar-refractivity contribution is -0.129. The lowest BCUT2D eigenvalue weighted by Crippen LogP contribution is -2.45. The van der Waals surface area contributed by atoms with Gasteiger partial charge < -0.3 is 10.1 Å². The molecular weight excluding hydrogens is 198 g/mol. The Morgan fingerprint density at radius 2 is 2.14 bits per heavy atom. The van der Waals surface area contributed by atoms with Crippen molar-refractivity contribution in [3.63, 3.8) is 0 Å². The number of thiol groups is 1. The van der Waals surface area contributed by atoms with Crippen LogP contribution in [-0.4, -0.2) is 11.5 Å². The molecule has 0 radical (unpaired) electrons. The minimum atomic E-state index is -0.811. The van der Waals surface area contributed by atoms with Crippen LogP contribution in [0.2, 0.25) is 0 Å². The van der Waals surface area contributed by atoms with Gasteiger partial charge in [-0.2, -0.15) is 0 Å². The normalized spacial score (nSPS) is 18.1. The van der Waals surface area contributed by atoms with Crippen molar-refractivity contribution in [1.29, 1.82) is 0 Å². The summed E-state index contributed by atoms with van der Waals surface area (Å²) in [4.78, 5) is 12.3. The molecule has 0 aromatic heterocycles. The second kappa shape index (κ2) is 2.92. The Kier molecular flexibility index (Phi) is 1.96. The Labute approximate surface area is 87.9 Å². The third-order valence-electron chi connectivity index (χ3n) is 2.13. The average molecular weight is 209 g/mol. The van der Waals surface area contributed by atoms with Gasteiger partial charge in [-0.1, -0.05) is 0 Å². The van der Waals surface area contributed by atoms with Crippen LogP contribution in [0.5, 0.6) is 5.75 Å². The molecule has 0 atom stereocenters. The number of carbonyl (C=O) groups excluding carboxylic acids is 1. The van der Waals surface area contributed by atoms with E-state index in [1.54, 1.807) is 26.0 Å². The highest BCUT2D eigenvalue weighted by molar-refractivity contribution is 7.80. The minimum Gasteiger partial charge on any atom is -0.476 e. The molecule has 0 saturated heterocycles. The molecule has 1 heterocycles. The summed E-state index contributed by atoms with van der Waals surface area (Å²) in [5.74, 6) is 0.541. The van der Waals surface area contributed by atoms with Crippen LogP contribution >= 0.6 is 12.6 Å². The molecule has 0 fully saturated rings. The number of anilines is 1. The zero-order valence-corrected chi connectivity index (χ0v) is 8.89. The Morgan fingerprint density at radius 1 is 1.43 bits per heavy atom. The summed E-state index contributed by atoms with van der Waals surface area (Å²) in [6.07, 6.45) is 0. The van der Waals surface area contributed by atoms with Crippen molar-refractivity contribution in [3.8, 4) is 5.75 Å². The molecule has 0 spiro atoms. The highest BCUT2D eigenvalue weighted by Gasteiger charge is 2.35. The number of amides is 1. The first-order chi connectivity index (χ1) is 6.49. The van der Waals surface area contributed by atoms with Crippen LogP contribution in [-0.2, 0) is 4.79 Å². The standard InChI is InChI=1S/C10H11NO2S/c1-10(2)9(12)11-7-4-3-6(14)5-8(7)13-10/h3-5,14H,1-2H3,(H,11,12). The molecule has 14 heavy (non-hydrogen) atoms. The lowest BCUT2D eigenvalue weighted by Gasteiger charge is -2.31. The summed E-state index contributed by atoms with van der Waals surface area (Å²) in [5, 5.41) is 2.78. The molecule has 0 bridgehead atoms. The van der Waals surface area contributed by atoms with E-state index in [1.807, 2.05) is 6.07 Å². The largest absolute Gasteiger partial charge is 0.476 e. The fourth-order valence-electron chi connectivity index (χ4n) is 1.29. The Bertz CT molecular complexity index is 401. The molecule has 4 heteroatoms. The van der Waals surface area contributed by atoms with Gasteiger partial charge in [0.25, 0.3) is 5.91 Å². The molecule has 1 aromatic rings. The predicted octanol–water partition coefficient (Wildman–Crippen LogP) is 2.08. The van der Waals surface area contributed by atoms with Gasteiger partial charge in [-0.25, -0.2) is 0 Å². The maximum Gasteiger partial charge on any atom is 0.268 e. The summed E-state index contributed by atoms with van der Waals surface area (Å²) in [6.45, 7) is 3.47. The highest BCUT2D eigenvalue weighted by atomic mass is 32.1. The average Bonchev–Trinajstić information content (AvgIpc) is 2.07. The SMILES string of the molecule is CC1(C)Oc2cc(S)ccc2NC1=O. The van der Waals surface area contributed by atoms with Crippen LogP contribution in [0, 0.1) is 0 Å². The molecule has 1 aliphatic rings. The van der Waals surface area contributed by atoms with Crippen molar-refractivity contribution in [3.05, 3.63) is 18.2 Å². The van der Waals surface area contributed by atoms with Crippen LogP contribution in [0.1, 0.15) is 13.8 Å². The maximum absolute atomic E-state index is 11.5. The molecule has 0 saturated carbocycles. The molecule has 1 aliphatic heterocycles. The van der Waals surface area contributed by atoms with Gasteiger partial charge >= 0.3 is 0 Å². The molecular formula is C10H11NO2S. The molecule has 2 rings (SSSR count). The fourth-order valence-corrected chi connectivity index (χ4v) is 1.48. The van der Waals surface area contributed by atoms with Crippen LogP contribution in [0.4, 0.5) is 5.69 Å². The topological polar surface area (TPSA) is 38.3 Å². The zero-order chi connectivity index (χ0) is 10.3. The second-order valence-corrected chi connectivity index (χ2v) is 4.26. The number of rotatable bonds is 0. The Morgan fingerprint density at radius 3 is 2.86 bits per heavy atom. The van der Waals surface area contributed by atoms with Gasteiger partial charge in [0.15, 0.2) is 5.60 Å². The molecule has 74 valence electrons. The number of fused-ring (bicyclic) bond motifs is 1. The second-order valence-electron chi connectivity index (χ2n) is 3.75. The van der Waals surface area contributed by atoms with E-state index in [0.717, 1.165) is 4.90 Å². The third kappa shape index (κ3) is 1.46. The molecule has 0 unspecified atom stereocenters. The highest BCUT2D eigenvalue weighted by Crippen LogP contribution is 2.34. The van der Waals surface area contributed by atoms with Gasteiger partial charge in [-0.3, -0.25) is 4.79 Å². The van der Waals surface area contributed by atoms with E-state index in [-0.39, 0.29) is 5.91 Å². The maximum atomic E-state index is 11.5. The first kappa shape index (κ1) is 9.40. The number of benzene rings is 1. The van der Waals surface area contributed by atoms with Crippen molar-refractivity contribution < 1.29 is 9.53 Å². The van der Waals surface area contributed by atoms with E-state index in [9.17, 15) is 4.79 Å². The third-order valence-corrected chi connectivity index (χ3v) is 2.40.